The lowest BCUT2D eigenvalue weighted by Gasteiger charge is -2.45. The Kier molecular flexibility index (Phi) is 6.09. The summed E-state index contributed by atoms with van der Waals surface area (Å²) in [5, 5.41) is 3.21. The van der Waals surface area contributed by atoms with E-state index in [1.807, 2.05) is 6.92 Å². The quantitative estimate of drug-likeness (QED) is 0.644. The van der Waals surface area contributed by atoms with Gasteiger partial charge in [-0.05, 0) is 57.2 Å². The molecular formula is C23H33N4O3+. The van der Waals surface area contributed by atoms with Gasteiger partial charge in [0.25, 0.3) is 5.91 Å². The van der Waals surface area contributed by atoms with Crippen LogP contribution >= 0.6 is 0 Å². The zero-order valence-electron chi connectivity index (χ0n) is 17.9. The van der Waals surface area contributed by atoms with Crippen LogP contribution in [0.2, 0.25) is 0 Å². The molecule has 1 aliphatic carbocycles. The van der Waals surface area contributed by atoms with Crippen LogP contribution in [0.1, 0.15) is 68.6 Å². The van der Waals surface area contributed by atoms with Crippen LogP contribution in [0.15, 0.2) is 27.8 Å². The molecule has 3 N–H and O–H groups in total. The highest BCUT2D eigenvalue weighted by Gasteiger charge is 2.42. The van der Waals surface area contributed by atoms with Crippen molar-refractivity contribution in [1.82, 2.24) is 14.9 Å². The number of nitrogens with zero attached hydrogens (tertiary/aromatic N) is 1. The van der Waals surface area contributed by atoms with Crippen molar-refractivity contribution < 1.29 is 9.69 Å². The molecule has 0 bridgehead atoms. The summed E-state index contributed by atoms with van der Waals surface area (Å²) >= 11 is 0. The maximum absolute atomic E-state index is 13.0. The minimum atomic E-state index is -0.656. The molecular weight excluding hydrogens is 380 g/mol. The molecule has 2 heterocycles. The predicted octanol–water partition coefficient (Wildman–Crippen LogP) is 1.21. The van der Waals surface area contributed by atoms with Gasteiger partial charge >= 0.3 is 11.1 Å². The smallest absolute Gasteiger partial charge is 0.316 e. The van der Waals surface area contributed by atoms with Crippen molar-refractivity contribution in [3.05, 3.63) is 44.5 Å². The molecule has 1 saturated carbocycles. The highest BCUT2D eigenvalue weighted by atomic mass is 16.2. The van der Waals surface area contributed by atoms with E-state index in [0.29, 0.717) is 29.7 Å². The molecule has 30 heavy (non-hydrogen) atoms. The SMILES string of the molecule is CCn1c(=O)c(=O)[nH]c2cc(C(=O)NCC3([NH+]4CCCCC4)CCCCC3)ccc21. The number of aryl methyl sites for hydroxylation is 1. The maximum atomic E-state index is 13.0. The Morgan fingerprint density at radius 2 is 1.80 bits per heavy atom. The number of H-pyrrole nitrogens is 1. The average Bonchev–Trinajstić information content (AvgIpc) is 2.79. The molecule has 1 aromatic carbocycles. The summed E-state index contributed by atoms with van der Waals surface area (Å²) in [6.45, 7) is 5.35. The molecule has 7 heteroatoms. The van der Waals surface area contributed by atoms with Crippen LogP contribution in [0.25, 0.3) is 11.0 Å². The van der Waals surface area contributed by atoms with Crippen LogP contribution in [0.5, 0.6) is 0 Å². The van der Waals surface area contributed by atoms with Gasteiger partial charge < -0.3 is 19.8 Å². The maximum Gasteiger partial charge on any atom is 0.316 e. The van der Waals surface area contributed by atoms with Gasteiger partial charge in [0.15, 0.2) is 0 Å². The van der Waals surface area contributed by atoms with Crippen molar-refractivity contribution in [1.29, 1.82) is 0 Å². The van der Waals surface area contributed by atoms with Gasteiger partial charge in [-0.1, -0.05) is 6.42 Å². The number of likely N-dealkylation sites (tertiary alicyclic amines) is 1. The van der Waals surface area contributed by atoms with E-state index in [0.717, 1.165) is 0 Å². The fraction of sp³-hybridized carbons (Fsp3) is 0.609. The molecule has 1 aromatic heterocycles. The van der Waals surface area contributed by atoms with Gasteiger partial charge in [0.1, 0.15) is 5.54 Å². The van der Waals surface area contributed by atoms with E-state index in [1.54, 1.807) is 23.1 Å². The van der Waals surface area contributed by atoms with Gasteiger partial charge in [0.2, 0.25) is 0 Å². The van der Waals surface area contributed by atoms with Gasteiger partial charge in [-0.2, -0.15) is 0 Å². The Hall–Kier alpha value is -2.41. The number of rotatable bonds is 5. The Morgan fingerprint density at radius 3 is 2.50 bits per heavy atom. The monoisotopic (exact) mass is 413 g/mol. The first kappa shape index (κ1) is 20.8. The molecule has 0 atom stereocenters. The lowest BCUT2D eigenvalue weighted by molar-refractivity contribution is -0.957. The Bertz CT molecular complexity index is 1030. The molecule has 1 amide bonds. The number of carbonyl (C=O) groups is 1. The highest BCUT2D eigenvalue weighted by Crippen LogP contribution is 2.26. The van der Waals surface area contributed by atoms with Crippen LogP contribution in [-0.4, -0.2) is 40.6 Å². The summed E-state index contributed by atoms with van der Waals surface area (Å²) in [5.41, 5.74) is 0.604. The molecule has 0 radical (unpaired) electrons. The average molecular weight is 414 g/mol. The Labute approximate surface area is 176 Å². The van der Waals surface area contributed by atoms with Gasteiger partial charge in [-0.15, -0.1) is 0 Å². The van der Waals surface area contributed by atoms with Crippen molar-refractivity contribution in [3.8, 4) is 0 Å². The van der Waals surface area contributed by atoms with Crippen LogP contribution in [0.4, 0.5) is 0 Å². The zero-order valence-corrected chi connectivity index (χ0v) is 17.9. The molecule has 7 nitrogen and oxygen atoms in total. The topological polar surface area (TPSA) is 88.4 Å². The standard InChI is InChI=1S/C23H32N4O3/c1-2-27-19-10-9-17(15-18(19)25-21(29)22(27)30)20(28)24-16-23(11-5-3-6-12-23)26-13-7-4-8-14-26/h9-10,15H,2-8,11-14,16H2,1H3,(H,24,28)(H,25,29)/p+1. The van der Waals surface area contributed by atoms with Crippen molar-refractivity contribution in [2.45, 2.75) is 70.4 Å². The van der Waals surface area contributed by atoms with Crippen molar-refractivity contribution in [2.75, 3.05) is 19.6 Å². The number of aromatic nitrogens is 2. The first-order chi connectivity index (χ1) is 14.5. The first-order valence-corrected chi connectivity index (χ1v) is 11.4. The second kappa shape index (κ2) is 8.76. The number of quaternary nitrogens is 1. The second-order valence-electron chi connectivity index (χ2n) is 8.92. The van der Waals surface area contributed by atoms with Gasteiger partial charge in [-0.3, -0.25) is 14.4 Å². The van der Waals surface area contributed by atoms with E-state index < -0.39 is 11.1 Å². The summed E-state index contributed by atoms with van der Waals surface area (Å²) in [6.07, 6.45) is 10.0. The number of fused-ring (bicyclic) bond motifs is 1. The van der Waals surface area contributed by atoms with Crippen molar-refractivity contribution in [2.24, 2.45) is 0 Å². The fourth-order valence-electron chi connectivity index (χ4n) is 5.48. The molecule has 162 valence electrons. The molecule has 1 saturated heterocycles. The molecule has 4 rings (SSSR count). The Balaban J connectivity index is 1.55. The number of carbonyl (C=O) groups excluding carboxylic acids is 1. The molecule has 2 aromatic rings. The number of nitrogens with one attached hydrogen (secondary N) is 3. The van der Waals surface area contributed by atoms with Gasteiger partial charge in [-0.25, -0.2) is 0 Å². The largest absolute Gasteiger partial charge is 0.346 e. The van der Waals surface area contributed by atoms with Crippen molar-refractivity contribution >= 4 is 16.9 Å². The van der Waals surface area contributed by atoms with Crippen LogP contribution in [0.3, 0.4) is 0 Å². The third kappa shape index (κ3) is 3.95. The van der Waals surface area contributed by atoms with E-state index >= 15 is 0 Å². The van der Waals surface area contributed by atoms with Crippen LogP contribution < -0.4 is 21.3 Å². The number of amides is 1. The van der Waals surface area contributed by atoms with Crippen molar-refractivity contribution in [3.63, 3.8) is 0 Å². The number of hydrogen-bond acceptors (Lipinski definition) is 3. The van der Waals surface area contributed by atoms with Crippen LogP contribution in [-0.2, 0) is 6.54 Å². The number of aromatic amines is 1. The molecule has 0 unspecified atom stereocenters. The summed E-state index contributed by atoms with van der Waals surface area (Å²) in [6, 6.07) is 5.17. The molecule has 1 aliphatic heterocycles. The minimum Gasteiger partial charge on any atom is -0.346 e. The summed E-state index contributed by atoms with van der Waals surface area (Å²) < 4.78 is 1.44. The van der Waals surface area contributed by atoms with E-state index in [1.165, 1.54) is 69.0 Å². The number of hydrogen-bond donors (Lipinski definition) is 3. The fourth-order valence-corrected chi connectivity index (χ4v) is 5.48. The lowest BCUT2D eigenvalue weighted by Crippen LogP contribution is -3.22. The third-order valence-corrected chi connectivity index (χ3v) is 7.16. The van der Waals surface area contributed by atoms with E-state index in [9.17, 15) is 14.4 Å². The molecule has 2 aliphatic rings. The van der Waals surface area contributed by atoms with Gasteiger partial charge in [0, 0.05) is 24.9 Å². The number of benzene rings is 1. The Morgan fingerprint density at radius 1 is 1.10 bits per heavy atom. The molecule has 0 spiro atoms. The summed E-state index contributed by atoms with van der Waals surface area (Å²) in [7, 11) is 0. The minimum absolute atomic E-state index is 0.117. The lowest BCUT2D eigenvalue weighted by atomic mass is 9.79. The summed E-state index contributed by atoms with van der Waals surface area (Å²) in [4.78, 5) is 41.3. The highest BCUT2D eigenvalue weighted by molar-refractivity contribution is 5.97. The normalized spacial score (nSPS) is 19.6. The first-order valence-electron chi connectivity index (χ1n) is 11.4. The van der Waals surface area contributed by atoms with Gasteiger partial charge in [0.05, 0.1) is 30.7 Å². The molecule has 2 fully saturated rings. The van der Waals surface area contributed by atoms with Crippen LogP contribution in [0, 0.1) is 0 Å². The zero-order chi connectivity index (χ0) is 21.1. The van der Waals surface area contributed by atoms with E-state index in [4.69, 9.17) is 0 Å². The summed E-state index contributed by atoms with van der Waals surface area (Å²) in [5.74, 6) is -0.117. The van der Waals surface area contributed by atoms with E-state index in [-0.39, 0.29) is 11.4 Å². The second-order valence-corrected chi connectivity index (χ2v) is 8.92. The third-order valence-electron chi connectivity index (χ3n) is 7.16. The number of piperidine rings is 1. The van der Waals surface area contributed by atoms with E-state index in [2.05, 4.69) is 10.3 Å². The predicted molar refractivity (Wildman–Crippen MR) is 117 cm³/mol.